The van der Waals surface area contributed by atoms with E-state index in [1.165, 1.54) is 16.6 Å². The second-order valence-corrected chi connectivity index (χ2v) is 10.6. The molecule has 1 fully saturated rings. The largest absolute Gasteiger partial charge is 0.348 e. The Bertz CT molecular complexity index is 581. The van der Waals surface area contributed by atoms with E-state index in [9.17, 15) is 13.2 Å². The minimum absolute atomic E-state index is 0.00616. The zero-order chi connectivity index (χ0) is 16.2. The molecule has 0 spiro atoms. The van der Waals surface area contributed by atoms with Crippen LogP contribution in [0, 0.1) is 5.92 Å². The fourth-order valence-electron chi connectivity index (χ4n) is 2.53. The summed E-state index contributed by atoms with van der Waals surface area (Å²) in [6.45, 7) is 4.29. The van der Waals surface area contributed by atoms with E-state index in [4.69, 9.17) is 0 Å². The fourth-order valence-corrected chi connectivity index (χ4v) is 6.77. The summed E-state index contributed by atoms with van der Waals surface area (Å²) in [6, 6.07) is 4.10. The topological polar surface area (TPSA) is 63.2 Å². The molecule has 124 valence electrons. The first-order valence-electron chi connectivity index (χ1n) is 7.50. The van der Waals surface area contributed by atoms with Crippen LogP contribution < -0.4 is 5.32 Å². The molecular weight excluding hydrogens is 338 g/mol. The average molecular weight is 362 g/mol. The molecule has 0 bridgehead atoms. The maximum atomic E-state index is 12.2. The summed E-state index contributed by atoms with van der Waals surface area (Å²) >= 11 is 3.12. The third-order valence-corrected chi connectivity index (χ3v) is 7.84. The van der Waals surface area contributed by atoms with Gasteiger partial charge in [-0.25, -0.2) is 8.42 Å². The van der Waals surface area contributed by atoms with Crippen molar-refractivity contribution in [2.75, 3.05) is 17.3 Å². The molecule has 4 nitrogen and oxygen atoms in total. The van der Waals surface area contributed by atoms with Gasteiger partial charge in [-0.15, -0.1) is 23.1 Å². The van der Waals surface area contributed by atoms with Crippen LogP contribution in [0.1, 0.15) is 37.6 Å². The number of thioether (sulfide) groups is 1. The van der Waals surface area contributed by atoms with E-state index < -0.39 is 9.84 Å². The van der Waals surface area contributed by atoms with Crippen molar-refractivity contribution < 1.29 is 13.2 Å². The molecule has 0 unspecified atom stereocenters. The summed E-state index contributed by atoms with van der Waals surface area (Å²) in [5.41, 5.74) is 0. The maximum absolute atomic E-state index is 12.2. The molecule has 1 N–H and O–H groups in total. The van der Waals surface area contributed by atoms with Crippen LogP contribution in [-0.4, -0.2) is 36.8 Å². The average Bonchev–Trinajstić information content (AvgIpc) is 3.04. The molecule has 1 aliphatic heterocycles. The fraction of sp³-hybridized carbons (Fsp3) is 0.667. The smallest absolute Gasteiger partial charge is 0.230 e. The molecular formula is C15H23NO3S3. The molecule has 2 rings (SSSR count). The van der Waals surface area contributed by atoms with Gasteiger partial charge in [0.1, 0.15) is 0 Å². The van der Waals surface area contributed by atoms with E-state index in [2.05, 4.69) is 25.2 Å². The standard InChI is InChI=1S/C15H23NO3S3/c1-11(2)8-13(14-4-3-6-20-14)16-15(17)9-21-12-5-7-22(18,19)10-12/h3-4,6,11-13H,5,7-10H2,1-2H3,(H,16,17)/t12-,13-/m1/s1. The van der Waals surface area contributed by atoms with Crippen molar-refractivity contribution >= 4 is 38.8 Å². The van der Waals surface area contributed by atoms with Crippen molar-refractivity contribution in [3.8, 4) is 0 Å². The molecule has 1 saturated heterocycles. The van der Waals surface area contributed by atoms with Gasteiger partial charge < -0.3 is 5.32 Å². The number of sulfone groups is 1. The number of carbonyl (C=O) groups is 1. The van der Waals surface area contributed by atoms with E-state index in [1.807, 2.05) is 11.4 Å². The van der Waals surface area contributed by atoms with Gasteiger partial charge in [0.25, 0.3) is 0 Å². The first-order valence-corrected chi connectivity index (χ1v) is 11.3. The summed E-state index contributed by atoms with van der Waals surface area (Å²) in [5.74, 6) is 1.30. The van der Waals surface area contributed by atoms with Gasteiger partial charge in [0.2, 0.25) is 5.91 Å². The molecule has 22 heavy (non-hydrogen) atoms. The Labute approximate surface area is 141 Å². The highest BCUT2D eigenvalue weighted by Crippen LogP contribution is 2.27. The monoisotopic (exact) mass is 361 g/mol. The van der Waals surface area contributed by atoms with Crippen molar-refractivity contribution in [1.29, 1.82) is 0 Å². The van der Waals surface area contributed by atoms with E-state index >= 15 is 0 Å². The lowest BCUT2D eigenvalue weighted by molar-refractivity contribution is -0.119. The van der Waals surface area contributed by atoms with E-state index in [0.29, 0.717) is 18.1 Å². The number of hydrogen-bond donors (Lipinski definition) is 1. The Morgan fingerprint density at radius 2 is 2.27 bits per heavy atom. The molecule has 0 saturated carbocycles. The number of hydrogen-bond acceptors (Lipinski definition) is 5. The van der Waals surface area contributed by atoms with Gasteiger partial charge in [0.15, 0.2) is 9.84 Å². The van der Waals surface area contributed by atoms with Gasteiger partial charge in [-0.3, -0.25) is 4.79 Å². The number of nitrogens with one attached hydrogen (secondary N) is 1. The molecule has 1 aromatic rings. The Morgan fingerprint density at radius 1 is 1.50 bits per heavy atom. The van der Waals surface area contributed by atoms with Gasteiger partial charge >= 0.3 is 0 Å². The van der Waals surface area contributed by atoms with Crippen LogP contribution in [0.2, 0.25) is 0 Å². The first kappa shape index (κ1) is 17.8. The van der Waals surface area contributed by atoms with Crippen LogP contribution in [0.25, 0.3) is 0 Å². The summed E-state index contributed by atoms with van der Waals surface area (Å²) < 4.78 is 22.9. The van der Waals surface area contributed by atoms with Crippen molar-refractivity contribution in [2.45, 2.75) is 38.0 Å². The van der Waals surface area contributed by atoms with Gasteiger partial charge in [0, 0.05) is 10.1 Å². The number of carbonyl (C=O) groups excluding carboxylic acids is 1. The highest BCUT2D eigenvalue weighted by Gasteiger charge is 2.28. The van der Waals surface area contributed by atoms with E-state index in [0.717, 1.165) is 6.42 Å². The Hall–Kier alpha value is -0.530. The number of amides is 1. The van der Waals surface area contributed by atoms with Crippen LogP contribution >= 0.6 is 23.1 Å². The first-order chi connectivity index (χ1) is 10.4. The van der Waals surface area contributed by atoms with Crippen LogP contribution in [0.4, 0.5) is 0 Å². The van der Waals surface area contributed by atoms with Gasteiger partial charge in [-0.05, 0) is 30.2 Å². The van der Waals surface area contributed by atoms with Crippen molar-refractivity contribution in [3.63, 3.8) is 0 Å². The second kappa shape index (κ2) is 7.84. The minimum atomic E-state index is -2.87. The van der Waals surface area contributed by atoms with Crippen LogP contribution in [0.3, 0.4) is 0 Å². The highest BCUT2D eigenvalue weighted by atomic mass is 32.2. The van der Waals surface area contributed by atoms with Crippen LogP contribution in [0.15, 0.2) is 17.5 Å². The van der Waals surface area contributed by atoms with Crippen molar-refractivity contribution in [1.82, 2.24) is 5.32 Å². The zero-order valence-electron chi connectivity index (χ0n) is 12.9. The molecule has 2 heterocycles. The van der Waals surface area contributed by atoms with Crippen molar-refractivity contribution in [2.24, 2.45) is 5.92 Å². The number of rotatable bonds is 7. The normalized spacial score (nSPS) is 21.9. The summed E-state index contributed by atoms with van der Waals surface area (Å²) in [6.07, 6.45) is 1.58. The van der Waals surface area contributed by atoms with Crippen LogP contribution in [0.5, 0.6) is 0 Å². The number of thiophene rings is 1. The lowest BCUT2D eigenvalue weighted by atomic mass is 10.0. The molecule has 2 atom stereocenters. The van der Waals surface area contributed by atoms with Crippen molar-refractivity contribution in [3.05, 3.63) is 22.4 Å². The summed E-state index contributed by atoms with van der Waals surface area (Å²) in [4.78, 5) is 13.3. The third-order valence-electron chi connectivity index (χ3n) is 3.57. The van der Waals surface area contributed by atoms with Gasteiger partial charge in [-0.2, -0.15) is 0 Å². The lowest BCUT2D eigenvalue weighted by Gasteiger charge is -2.20. The molecule has 1 aromatic heterocycles. The molecule has 0 aromatic carbocycles. The van der Waals surface area contributed by atoms with E-state index in [1.54, 1.807) is 11.3 Å². The Balaban J connectivity index is 1.83. The van der Waals surface area contributed by atoms with Gasteiger partial charge in [-0.1, -0.05) is 19.9 Å². The van der Waals surface area contributed by atoms with Gasteiger partial charge in [0.05, 0.1) is 23.3 Å². The predicted molar refractivity (Wildman–Crippen MR) is 94.2 cm³/mol. The highest BCUT2D eigenvalue weighted by molar-refractivity contribution is 8.02. The second-order valence-electron chi connectivity index (χ2n) is 6.10. The predicted octanol–water partition coefficient (Wildman–Crippen LogP) is 2.87. The molecule has 1 amide bonds. The molecule has 0 radical (unpaired) electrons. The molecule has 0 aliphatic carbocycles. The SMILES string of the molecule is CC(C)C[C@@H](NC(=O)CS[C@@H]1CCS(=O)(=O)C1)c1cccs1. The molecule has 1 aliphatic rings. The van der Waals surface area contributed by atoms with Crippen LogP contribution in [-0.2, 0) is 14.6 Å². The third kappa shape index (κ3) is 5.59. The zero-order valence-corrected chi connectivity index (χ0v) is 15.4. The van der Waals surface area contributed by atoms with E-state index in [-0.39, 0.29) is 28.7 Å². The minimum Gasteiger partial charge on any atom is -0.348 e. The maximum Gasteiger partial charge on any atom is 0.230 e. The summed E-state index contributed by atoms with van der Waals surface area (Å²) in [5, 5.41) is 5.19. The lowest BCUT2D eigenvalue weighted by Crippen LogP contribution is -2.31. The summed E-state index contributed by atoms with van der Waals surface area (Å²) in [7, 11) is -2.87. The Morgan fingerprint density at radius 3 is 2.82 bits per heavy atom. The molecule has 7 heteroatoms. The quantitative estimate of drug-likeness (QED) is 0.811. The Kier molecular flexibility index (Phi) is 6.35.